The first kappa shape index (κ1) is 22.9. The molecule has 4 aromatic heterocycles. The second-order valence-corrected chi connectivity index (χ2v) is 8.87. The number of pyridine rings is 1. The zero-order chi connectivity index (χ0) is 24.4. The molecule has 13 heteroatoms. The number of hydrogen-bond acceptors (Lipinski definition) is 9. The number of ether oxygens (including phenoxy) is 1. The number of nitrogens with zero attached hydrogens (tertiary/aromatic N) is 7. The van der Waals surface area contributed by atoms with Crippen molar-refractivity contribution in [2.75, 3.05) is 25.1 Å². The highest BCUT2D eigenvalue weighted by atomic mass is 35.5. The minimum atomic E-state index is -0.542. The van der Waals surface area contributed by atoms with Crippen molar-refractivity contribution in [3.05, 3.63) is 75.7 Å². The van der Waals surface area contributed by atoms with Gasteiger partial charge in [-0.3, -0.25) is 4.98 Å². The number of thioether (sulfide) groups is 1. The van der Waals surface area contributed by atoms with E-state index in [1.165, 1.54) is 11.8 Å². The minimum absolute atomic E-state index is 0.223. The highest BCUT2D eigenvalue weighted by molar-refractivity contribution is 7.98. The van der Waals surface area contributed by atoms with Gasteiger partial charge in [0.1, 0.15) is 12.8 Å². The lowest BCUT2D eigenvalue weighted by molar-refractivity contribution is -0.391. The molecule has 5 rings (SSSR count). The van der Waals surface area contributed by atoms with Crippen molar-refractivity contribution in [3.8, 4) is 5.88 Å². The van der Waals surface area contributed by atoms with E-state index >= 15 is 0 Å². The molecule has 0 aliphatic heterocycles. The number of aromatic amines is 1. The number of fused-ring (bicyclic) bond motifs is 2. The van der Waals surface area contributed by atoms with E-state index in [2.05, 4.69) is 25.0 Å². The van der Waals surface area contributed by atoms with Gasteiger partial charge in [-0.1, -0.05) is 40.0 Å². The van der Waals surface area contributed by atoms with Gasteiger partial charge in [-0.25, -0.2) is 9.97 Å². The molecule has 0 bridgehead atoms. The first-order valence-corrected chi connectivity index (χ1v) is 11.9. The van der Waals surface area contributed by atoms with E-state index in [1.54, 1.807) is 18.3 Å². The van der Waals surface area contributed by atoms with Crippen molar-refractivity contribution in [2.45, 2.75) is 10.9 Å². The van der Waals surface area contributed by atoms with Crippen LogP contribution in [-0.2, 0) is 5.75 Å². The van der Waals surface area contributed by atoms with Crippen molar-refractivity contribution in [3.63, 3.8) is 0 Å². The maximum atomic E-state index is 11.1. The predicted molar refractivity (Wildman–Crippen MR) is 133 cm³/mol. The number of halogens is 1. The molecule has 0 spiro atoms. The van der Waals surface area contributed by atoms with E-state index in [0.29, 0.717) is 29.6 Å². The fraction of sp³-hybridized carbons (Fsp3) is 0.182. The van der Waals surface area contributed by atoms with Crippen LogP contribution < -0.4 is 9.64 Å². The van der Waals surface area contributed by atoms with Crippen LogP contribution in [0.15, 0.2) is 60.0 Å². The predicted octanol–water partition coefficient (Wildman–Crippen LogP) is 4.37. The summed E-state index contributed by atoms with van der Waals surface area (Å²) < 4.78 is 6.86. The molecule has 1 N–H and O–H groups in total. The first-order valence-electron chi connectivity index (χ1n) is 10.5. The maximum absolute atomic E-state index is 11.1. The van der Waals surface area contributed by atoms with Crippen molar-refractivity contribution in [1.82, 2.24) is 29.5 Å². The Kier molecular flexibility index (Phi) is 6.38. The van der Waals surface area contributed by atoms with Gasteiger partial charge in [-0.05, 0) is 28.2 Å². The molecule has 1 aromatic carbocycles. The Morgan fingerprint density at radius 2 is 2.09 bits per heavy atom. The molecule has 0 aliphatic carbocycles. The average Bonchev–Trinajstić information content (AvgIpc) is 3.47. The third-order valence-corrected chi connectivity index (χ3v) is 6.55. The van der Waals surface area contributed by atoms with Crippen LogP contribution in [0.25, 0.3) is 16.7 Å². The minimum Gasteiger partial charge on any atom is -0.473 e. The highest BCUT2D eigenvalue weighted by Gasteiger charge is 2.17. The fourth-order valence-electron chi connectivity index (χ4n) is 3.46. The van der Waals surface area contributed by atoms with Crippen LogP contribution in [0.3, 0.4) is 0 Å². The van der Waals surface area contributed by atoms with Crippen LogP contribution in [0, 0.1) is 10.1 Å². The number of anilines is 1. The summed E-state index contributed by atoms with van der Waals surface area (Å²) in [6.45, 7) is 0.796. The summed E-state index contributed by atoms with van der Waals surface area (Å²) in [6.07, 6.45) is 2.89. The molecule has 0 saturated carbocycles. The molecular weight excluding hydrogens is 492 g/mol. The number of aromatic nitrogens is 6. The molecule has 0 aliphatic rings. The van der Waals surface area contributed by atoms with Crippen molar-refractivity contribution >= 4 is 51.5 Å². The van der Waals surface area contributed by atoms with Crippen LogP contribution in [-0.4, -0.2) is 54.7 Å². The van der Waals surface area contributed by atoms with Crippen molar-refractivity contribution in [1.29, 1.82) is 0 Å². The molecule has 0 amide bonds. The number of nitro groups is 1. The van der Waals surface area contributed by atoms with Gasteiger partial charge in [0.2, 0.25) is 5.65 Å². The number of benzene rings is 1. The fourth-order valence-corrected chi connectivity index (χ4v) is 4.70. The Balaban J connectivity index is 1.21. The van der Waals surface area contributed by atoms with Gasteiger partial charge in [-0.15, -0.1) is 0 Å². The number of nitrogens with one attached hydrogen (secondary N) is 1. The standard InChI is InChI=1S/C22H19ClN8O3S/c1-29(10-11-34-19-7-6-18-25-12-20(31(32)33)30(18)28-19)17-8-9-24-16(21(17)23)13-35-22-26-14-4-2-3-5-15(14)27-22/h2-9,12H,10-11,13H2,1H3,(H,26,27). The summed E-state index contributed by atoms with van der Waals surface area (Å²) in [5, 5.41) is 16.6. The average molecular weight is 511 g/mol. The van der Waals surface area contributed by atoms with E-state index < -0.39 is 4.92 Å². The van der Waals surface area contributed by atoms with Gasteiger partial charge < -0.3 is 24.7 Å². The first-order chi connectivity index (χ1) is 17.0. The summed E-state index contributed by atoms with van der Waals surface area (Å²) in [4.78, 5) is 28.8. The molecule has 11 nitrogen and oxygen atoms in total. The van der Waals surface area contributed by atoms with Crippen LogP contribution in [0.4, 0.5) is 11.5 Å². The number of imidazole rings is 2. The number of rotatable bonds is 9. The van der Waals surface area contributed by atoms with E-state index in [-0.39, 0.29) is 11.7 Å². The van der Waals surface area contributed by atoms with Gasteiger partial charge in [-0.2, -0.15) is 0 Å². The SMILES string of the molecule is CN(CCOc1ccc2ncc([N+](=O)[O-])n2n1)c1ccnc(CSc2nc3ccccc3[nH]2)c1Cl. The van der Waals surface area contributed by atoms with Crippen LogP contribution in [0.2, 0.25) is 5.02 Å². The van der Waals surface area contributed by atoms with Crippen LogP contribution in [0.5, 0.6) is 5.88 Å². The monoisotopic (exact) mass is 510 g/mol. The summed E-state index contributed by atoms with van der Waals surface area (Å²) in [5.41, 5.74) is 3.84. The number of H-pyrrole nitrogens is 1. The largest absolute Gasteiger partial charge is 0.473 e. The zero-order valence-corrected chi connectivity index (χ0v) is 20.0. The zero-order valence-electron chi connectivity index (χ0n) is 18.5. The lowest BCUT2D eigenvalue weighted by Gasteiger charge is -2.21. The normalized spacial score (nSPS) is 11.3. The van der Waals surface area contributed by atoms with Gasteiger partial charge in [0.15, 0.2) is 5.16 Å². The number of hydrogen-bond donors (Lipinski definition) is 1. The Morgan fingerprint density at radius 1 is 1.23 bits per heavy atom. The summed E-state index contributed by atoms with van der Waals surface area (Å²) >= 11 is 8.20. The molecule has 35 heavy (non-hydrogen) atoms. The molecule has 178 valence electrons. The molecule has 4 heterocycles. The van der Waals surface area contributed by atoms with Gasteiger partial charge >= 0.3 is 5.82 Å². The Morgan fingerprint density at radius 3 is 2.91 bits per heavy atom. The Bertz CT molecular complexity index is 1490. The smallest absolute Gasteiger partial charge is 0.368 e. The second-order valence-electron chi connectivity index (χ2n) is 7.52. The van der Waals surface area contributed by atoms with Crippen molar-refractivity contribution in [2.24, 2.45) is 0 Å². The quantitative estimate of drug-likeness (QED) is 0.174. The highest BCUT2D eigenvalue weighted by Crippen LogP contribution is 2.31. The summed E-state index contributed by atoms with van der Waals surface area (Å²) in [5.74, 6) is 0.597. The third-order valence-electron chi connectivity index (χ3n) is 5.25. The molecular formula is C22H19ClN8O3S. The van der Waals surface area contributed by atoms with Crippen LogP contribution >= 0.6 is 23.4 Å². The van der Waals surface area contributed by atoms with E-state index in [9.17, 15) is 10.1 Å². The second kappa shape index (κ2) is 9.76. The van der Waals surface area contributed by atoms with Gasteiger partial charge in [0.25, 0.3) is 5.88 Å². The molecule has 5 aromatic rings. The summed E-state index contributed by atoms with van der Waals surface area (Å²) in [7, 11) is 1.90. The van der Waals surface area contributed by atoms with E-state index in [4.69, 9.17) is 16.3 Å². The van der Waals surface area contributed by atoms with Gasteiger partial charge in [0, 0.05) is 31.1 Å². The van der Waals surface area contributed by atoms with Gasteiger partial charge in [0.05, 0.1) is 34.0 Å². The Labute approximate surface area is 208 Å². The van der Waals surface area contributed by atoms with E-state index in [1.807, 2.05) is 42.3 Å². The lowest BCUT2D eigenvalue weighted by Crippen LogP contribution is -2.24. The molecule has 0 radical (unpaired) electrons. The topological polar surface area (TPSA) is 127 Å². The summed E-state index contributed by atoms with van der Waals surface area (Å²) in [6, 6.07) is 12.9. The molecule has 0 atom stereocenters. The maximum Gasteiger partial charge on any atom is 0.368 e. The molecule has 0 fully saturated rings. The van der Waals surface area contributed by atoms with Crippen molar-refractivity contribution < 1.29 is 9.66 Å². The van der Waals surface area contributed by atoms with E-state index in [0.717, 1.165) is 38.3 Å². The number of likely N-dealkylation sites (N-methyl/N-ethyl adjacent to an activating group) is 1. The molecule has 0 saturated heterocycles. The van der Waals surface area contributed by atoms with Crippen LogP contribution in [0.1, 0.15) is 5.69 Å². The third kappa shape index (κ3) is 4.84. The number of para-hydroxylation sites is 2. The Hall–Kier alpha value is -3.90. The lowest BCUT2D eigenvalue weighted by atomic mass is 10.3. The molecule has 0 unspecified atom stereocenters.